The summed E-state index contributed by atoms with van der Waals surface area (Å²) >= 11 is 0. The Labute approximate surface area is 113 Å². The predicted octanol–water partition coefficient (Wildman–Crippen LogP) is 0.319. The number of imide groups is 2. The third-order valence-corrected chi connectivity index (χ3v) is 3.38. The highest BCUT2D eigenvalue weighted by Crippen LogP contribution is 2.30. The molecule has 102 valence electrons. The highest BCUT2D eigenvalue weighted by molar-refractivity contribution is 6.25. The Morgan fingerprint density at radius 1 is 0.900 bits per heavy atom. The maximum atomic E-state index is 12.3. The normalized spacial score (nSPS) is 18.8. The van der Waals surface area contributed by atoms with Gasteiger partial charge in [-0.2, -0.15) is 10.0 Å². The van der Waals surface area contributed by atoms with Crippen LogP contribution >= 0.6 is 0 Å². The molecule has 2 N–H and O–H groups in total. The number of hydrogen-bond donors (Lipinski definition) is 1. The molecule has 4 amide bonds. The van der Waals surface area contributed by atoms with Gasteiger partial charge < -0.3 is 5.73 Å². The number of hydrogen-bond acceptors (Lipinski definition) is 5. The number of amides is 4. The lowest BCUT2D eigenvalue weighted by Crippen LogP contribution is -2.54. The summed E-state index contributed by atoms with van der Waals surface area (Å²) in [5.41, 5.74) is 6.01. The van der Waals surface area contributed by atoms with Crippen LogP contribution in [-0.2, 0) is 9.59 Å². The second-order valence-electron chi connectivity index (χ2n) is 4.64. The Morgan fingerprint density at radius 2 is 1.55 bits per heavy atom. The molecule has 0 atom stereocenters. The maximum Gasteiger partial charge on any atom is 0.283 e. The van der Waals surface area contributed by atoms with E-state index in [1.807, 2.05) is 0 Å². The molecule has 1 aromatic carbocycles. The molecule has 3 rings (SSSR count). The number of carbonyl (C=O) groups excluding carboxylic acids is 4. The fourth-order valence-electron chi connectivity index (χ4n) is 2.45. The average Bonchev–Trinajstić information content (AvgIpc) is 2.65. The molecule has 1 fully saturated rings. The van der Waals surface area contributed by atoms with Crippen molar-refractivity contribution in [3.63, 3.8) is 0 Å². The second-order valence-corrected chi connectivity index (χ2v) is 4.64. The smallest absolute Gasteiger partial charge is 0.283 e. The van der Waals surface area contributed by atoms with Crippen molar-refractivity contribution in [1.82, 2.24) is 10.0 Å². The third-order valence-electron chi connectivity index (χ3n) is 3.38. The first-order valence-electron chi connectivity index (χ1n) is 6.15. The molecule has 20 heavy (non-hydrogen) atoms. The van der Waals surface area contributed by atoms with Gasteiger partial charge in [-0.05, 0) is 18.6 Å². The van der Waals surface area contributed by atoms with Crippen LogP contribution in [0.3, 0.4) is 0 Å². The summed E-state index contributed by atoms with van der Waals surface area (Å²) in [6.45, 7) is 0. The van der Waals surface area contributed by atoms with Crippen molar-refractivity contribution in [2.75, 3.05) is 5.73 Å². The lowest BCUT2D eigenvalue weighted by molar-refractivity contribution is -0.160. The number of nitrogens with zero attached hydrogens (tertiary/aromatic N) is 2. The van der Waals surface area contributed by atoms with Crippen LogP contribution in [0.5, 0.6) is 0 Å². The lowest BCUT2D eigenvalue weighted by Gasteiger charge is -2.30. The molecule has 7 nitrogen and oxygen atoms in total. The Kier molecular flexibility index (Phi) is 2.56. The Morgan fingerprint density at radius 3 is 2.15 bits per heavy atom. The van der Waals surface area contributed by atoms with Crippen molar-refractivity contribution < 1.29 is 19.2 Å². The van der Waals surface area contributed by atoms with Crippen LogP contribution in [0.2, 0.25) is 0 Å². The number of carbonyl (C=O) groups is 4. The number of piperidine rings is 1. The number of nitrogen functional groups attached to an aromatic ring is 1. The van der Waals surface area contributed by atoms with Gasteiger partial charge in [0.25, 0.3) is 11.8 Å². The summed E-state index contributed by atoms with van der Waals surface area (Å²) in [6, 6.07) is 4.49. The van der Waals surface area contributed by atoms with Crippen LogP contribution in [0, 0.1) is 0 Å². The maximum absolute atomic E-state index is 12.3. The molecule has 0 unspecified atom stereocenters. The molecule has 7 heteroatoms. The van der Waals surface area contributed by atoms with Crippen LogP contribution < -0.4 is 5.73 Å². The van der Waals surface area contributed by atoms with E-state index in [1.165, 1.54) is 12.1 Å². The first-order chi connectivity index (χ1) is 9.52. The van der Waals surface area contributed by atoms with E-state index in [0.29, 0.717) is 16.4 Å². The van der Waals surface area contributed by atoms with Gasteiger partial charge in [-0.25, -0.2) is 0 Å². The van der Waals surface area contributed by atoms with Crippen LogP contribution in [0.15, 0.2) is 18.2 Å². The monoisotopic (exact) mass is 273 g/mol. The number of hydrazine groups is 1. The van der Waals surface area contributed by atoms with Gasteiger partial charge in [0, 0.05) is 18.5 Å². The van der Waals surface area contributed by atoms with Crippen molar-refractivity contribution in [3.8, 4) is 0 Å². The van der Waals surface area contributed by atoms with E-state index in [1.54, 1.807) is 6.07 Å². The van der Waals surface area contributed by atoms with Gasteiger partial charge in [-0.1, -0.05) is 6.07 Å². The minimum Gasteiger partial charge on any atom is -0.398 e. The van der Waals surface area contributed by atoms with Crippen molar-refractivity contribution in [2.45, 2.75) is 19.3 Å². The quantitative estimate of drug-likeness (QED) is 0.586. The summed E-state index contributed by atoms with van der Waals surface area (Å²) in [7, 11) is 0. The molecule has 2 heterocycles. The largest absolute Gasteiger partial charge is 0.398 e. The zero-order valence-corrected chi connectivity index (χ0v) is 10.5. The topological polar surface area (TPSA) is 101 Å². The summed E-state index contributed by atoms with van der Waals surface area (Å²) in [4.78, 5) is 48.2. The molecule has 0 bridgehead atoms. The Bertz CT molecular complexity index is 652. The van der Waals surface area contributed by atoms with Gasteiger partial charge in [0.05, 0.1) is 11.1 Å². The Hall–Kier alpha value is -2.70. The number of benzene rings is 1. The summed E-state index contributed by atoms with van der Waals surface area (Å²) in [5, 5.41) is 1.25. The molecule has 0 aliphatic carbocycles. The SMILES string of the molecule is Nc1cccc2c1C(=O)N(N1C(=O)CCCC1=O)C2=O. The predicted molar refractivity (Wildman–Crippen MR) is 67.1 cm³/mol. The second kappa shape index (κ2) is 4.16. The van der Waals surface area contributed by atoms with Crippen LogP contribution in [0.1, 0.15) is 40.0 Å². The standard InChI is InChI=1S/C13H11N3O4/c14-8-4-1-3-7-11(8)13(20)16(12(7)19)15-9(17)5-2-6-10(15)18/h1,3-4H,2,5-6,14H2. The molecule has 1 aromatic rings. The van der Waals surface area contributed by atoms with E-state index in [9.17, 15) is 19.2 Å². The zero-order chi connectivity index (χ0) is 14.4. The van der Waals surface area contributed by atoms with Crippen molar-refractivity contribution in [2.24, 2.45) is 0 Å². The van der Waals surface area contributed by atoms with Gasteiger partial charge in [0.15, 0.2) is 0 Å². The van der Waals surface area contributed by atoms with Crippen LogP contribution in [-0.4, -0.2) is 33.6 Å². The lowest BCUT2D eigenvalue weighted by atomic mass is 10.1. The fourth-order valence-corrected chi connectivity index (χ4v) is 2.45. The number of rotatable bonds is 1. The third kappa shape index (κ3) is 1.52. The van der Waals surface area contributed by atoms with Crippen molar-refractivity contribution in [1.29, 1.82) is 0 Å². The van der Waals surface area contributed by atoms with Gasteiger partial charge in [-0.3, -0.25) is 19.2 Å². The van der Waals surface area contributed by atoms with Gasteiger partial charge in [-0.15, -0.1) is 0 Å². The molecule has 0 saturated carbocycles. The molecule has 0 aromatic heterocycles. The van der Waals surface area contributed by atoms with Crippen molar-refractivity contribution in [3.05, 3.63) is 29.3 Å². The van der Waals surface area contributed by atoms with E-state index in [4.69, 9.17) is 5.73 Å². The highest BCUT2D eigenvalue weighted by atomic mass is 16.2. The number of anilines is 1. The van der Waals surface area contributed by atoms with Crippen LogP contribution in [0.4, 0.5) is 5.69 Å². The number of nitrogens with two attached hydrogens (primary N) is 1. The van der Waals surface area contributed by atoms with E-state index in [0.717, 1.165) is 0 Å². The van der Waals surface area contributed by atoms with Crippen molar-refractivity contribution >= 4 is 29.3 Å². The van der Waals surface area contributed by atoms with Gasteiger partial charge in [0.1, 0.15) is 0 Å². The minimum absolute atomic E-state index is 0.0451. The number of fused-ring (bicyclic) bond motifs is 1. The molecule has 1 saturated heterocycles. The summed E-state index contributed by atoms with van der Waals surface area (Å²) < 4.78 is 0. The minimum atomic E-state index is -0.730. The van der Waals surface area contributed by atoms with E-state index >= 15 is 0 Å². The van der Waals surface area contributed by atoms with Gasteiger partial charge in [0.2, 0.25) is 11.8 Å². The first-order valence-corrected chi connectivity index (χ1v) is 6.15. The molecule has 0 radical (unpaired) electrons. The average molecular weight is 273 g/mol. The molecular formula is C13H11N3O4. The summed E-state index contributed by atoms with van der Waals surface area (Å²) in [6.07, 6.45) is 0.697. The first kappa shape index (κ1) is 12.3. The highest BCUT2D eigenvalue weighted by Gasteiger charge is 2.45. The van der Waals surface area contributed by atoms with E-state index < -0.39 is 23.6 Å². The zero-order valence-electron chi connectivity index (χ0n) is 10.5. The molecular weight excluding hydrogens is 262 g/mol. The molecule has 2 aliphatic heterocycles. The molecule has 0 spiro atoms. The van der Waals surface area contributed by atoms with E-state index in [-0.39, 0.29) is 29.7 Å². The van der Waals surface area contributed by atoms with E-state index in [2.05, 4.69) is 0 Å². The Balaban J connectivity index is 2.08. The fraction of sp³-hybridized carbons (Fsp3) is 0.231. The van der Waals surface area contributed by atoms with Crippen LogP contribution in [0.25, 0.3) is 0 Å². The molecule has 2 aliphatic rings. The van der Waals surface area contributed by atoms with Gasteiger partial charge >= 0.3 is 0 Å². The summed E-state index contributed by atoms with van der Waals surface area (Å²) in [5.74, 6) is -2.52.